The van der Waals surface area contributed by atoms with Gasteiger partial charge in [-0.2, -0.15) is 11.8 Å². The minimum Gasteiger partial charge on any atom is -0.356 e. The summed E-state index contributed by atoms with van der Waals surface area (Å²) < 4.78 is 0. The van der Waals surface area contributed by atoms with Crippen LogP contribution in [0.3, 0.4) is 0 Å². The number of thioether (sulfide) groups is 1. The quantitative estimate of drug-likeness (QED) is 0.693. The molecular weight excluding hydrogens is 354 g/mol. The van der Waals surface area contributed by atoms with Crippen molar-refractivity contribution in [3.05, 3.63) is 35.9 Å². The molecule has 2 fully saturated rings. The van der Waals surface area contributed by atoms with Gasteiger partial charge in [-0.3, -0.25) is 14.6 Å². The van der Waals surface area contributed by atoms with Gasteiger partial charge in [-0.05, 0) is 69.3 Å². The van der Waals surface area contributed by atoms with Gasteiger partial charge in [0, 0.05) is 25.7 Å². The van der Waals surface area contributed by atoms with Gasteiger partial charge < -0.3 is 5.32 Å². The zero-order valence-corrected chi connectivity index (χ0v) is 17.6. The minimum absolute atomic E-state index is 0.190. The predicted octanol–water partition coefficient (Wildman–Crippen LogP) is 3.23. The molecule has 4 nitrogen and oxygen atoms in total. The monoisotopic (exact) mass is 389 g/mol. The molecule has 0 saturated carbocycles. The first-order valence-electron chi connectivity index (χ1n) is 10.5. The summed E-state index contributed by atoms with van der Waals surface area (Å²) in [5.41, 5.74) is 1.41. The lowest BCUT2D eigenvalue weighted by atomic mass is 9.93. The molecular formula is C22H35N3OS. The number of piperidine rings is 2. The van der Waals surface area contributed by atoms with Crippen LogP contribution < -0.4 is 5.32 Å². The molecule has 0 radical (unpaired) electrons. The molecule has 0 aromatic heterocycles. The van der Waals surface area contributed by atoms with Crippen molar-refractivity contribution in [2.24, 2.45) is 5.92 Å². The summed E-state index contributed by atoms with van der Waals surface area (Å²) in [6.45, 7) is 6.35. The highest BCUT2D eigenvalue weighted by atomic mass is 32.2. The van der Waals surface area contributed by atoms with E-state index >= 15 is 0 Å². The molecule has 1 amide bonds. The lowest BCUT2D eigenvalue weighted by Gasteiger charge is -2.42. The van der Waals surface area contributed by atoms with Gasteiger partial charge in [0.2, 0.25) is 5.91 Å². The molecule has 5 heteroatoms. The van der Waals surface area contributed by atoms with Crippen molar-refractivity contribution < 1.29 is 4.79 Å². The van der Waals surface area contributed by atoms with Crippen molar-refractivity contribution in [2.45, 2.75) is 44.7 Å². The maximum absolute atomic E-state index is 12.5. The Kier molecular flexibility index (Phi) is 8.49. The maximum atomic E-state index is 12.5. The van der Waals surface area contributed by atoms with Gasteiger partial charge in [-0.25, -0.2) is 0 Å². The second kappa shape index (κ2) is 11.1. The van der Waals surface area contributed by atoms with Gasteiger partial charge in [-0.1, -0.05) is 30.3 Å². The lowest BCUT2D eigenvalue weighted by Crippen LogP contribution is -2.50. The second-order valence-corrected chi connectivity index (χ2v) is 8.95. The zero-order chi connectivity index (χ0) is 18.9. The summed E-state index contributed by atoms with van der Waals surface area (Å²) in [6, 6.07) is 11.4. The molecule has 1 aromatic carbocycles. The molecule has 1 N–H and O–H groups in total. The first-order chi connectivity index (χ1) is 13.3. The molecule has 2 saturated heterocycles. The van der Waals surface area contributed by atoms with Crippen molar-refractivity contribution in [2.75, 3.05) is 44.7 Å². The van der Waals surface area contributed by atoms with E-state index in [2.05, 4.69) is 51.7 Å². The van der Waals surface area contributed by atoms with E-state index in [0.717, 1.165) is 44.6 Å². The fourth-order valence-electron chi connectivity index (χ4n) is 4.41. The molecule has 1 aromatic rings. The van der Waals surface area contributed by atoms with Gasteiger partial charge >= 0.3 is 0 Å². The number of hydrogen-bond acceptors (Lipinski definition) is 4. The summed E-state index contributed by atoms with van der Waals surface area (Å²) in [6.07, 6.45) is 7.86. The number of hydrogen-bond donors (Lipinski definition) is 1. The van der Waals surface area contributed by atoms with Crippen LogP contribution in [0.25, 0.3) is 0 Å². The van der Waals surface area contributed by atoms with Gasteiger partial charge in [0.05, 0.1) is 5.92 Å². The third kappa shape index (κ3) is 6.51. The van der Waals surface area contributed by atoms with E-state index in [1.165, 1.54) is 38.0 Å². The Hall–Kier alpha value is -1.04. The summed E-state index contributed by atoms with van der Waals surface area (Å²) in [4.78, 5) is 17.7. The standard InChI is InChI=1S/C22H35N3OS/c1-27-16-6-12-23-22(26)20-9-5-13-25(18-20)21-10-14-24(15-11-21)17-19-7-3-2-4-8-19/h2-4,7-8,20-21H,5-6,9-18H2,1H3,(H,23,26). The Balaban J connectivity index is 1.40. The molecule has 2 heterocycles. The molecule has 0 spiro atoms. The molecule has 1 atom stereocenters. The Morgan fingerprint density at radius 1 is 1.15 bits per heavy atom. The Morgan fingerprint density at radius 3 is 2.67 bits per heavy atom. The number of carbonyl (C=O) groups excluding carboxylic acids is 1. The third-order valence-electron chi connectivity index (χ3n) is 5.97. The summed E-state index contributed by atoms with van der Waals surface area (Å²) in [5.74, 6) is 1.59. The van der Waals surface area contributed by atoms with E-state index in [1.54, 1.807) is 0 Å². The lowest BCUT2D eigenvalue weighted by molar-refractivity contribution is -0.127. The molecule has 0 bridgehead atoms. The van der Waals surface area contributed by atoms with Crippen LogP contribution in [0.1, 0.15) is 37.7 Å². The number of benzene rings is 1. The molecule has 150 valence electrons. The van der Waals surface area contributed by atoms with Crippen LogP contribution in [0.2, 0.25) is 0 Å². The second-order valence-electron chi connectivity index (χ2n) is 7.96. The van der Waals surface area contributed by atoms with Crippen LogP contribution in [0.4, 0.5) is 0 Å². The van der Waals surface area contributed by atoms with Gasteiger partial charge in [-0.15, -0.1) is 0 Å². The fraction of sp³-hybridized carbons (Fsp3) is 0.682. The largest absolute Gasteiger partial charge is 0.356 e. The number of nitrogens with zero attached hydrogens (tertiary/aromatic N) is 2. The Labute approximate surface area is 169 Å². The van der Waals surface area contributed by atoms with Crippen molar-refractivity contribution in [3.8, 4) is 0 Å². The number of rotatable bonds is 8. The topological polar surface area (TPSA) is 35.6 Å². The van der Waals surface area contributed by atoms with Gasteiger partial charge in [0.15, 0.2) is 0 Å². The smallest absolute Gasteiger partial charge is 0.224 e. The highest BCUT2D eigenvalue weighted by molar-refractivity contribution is 7.98. The number of amides is 1. The molecule has 2 aliphatic rings. The SMILES string of the molecule is CSCCCNC(=O)C1CCCN(C2CCN(Cc3ccccc3)CC2)C1. The van der Waals surface area contributed by atoms with Crippen molar-refractivity contribution in [3.63, 3.8) is 0 Å². The number of likely N-dealkylation sites (tertiary alicyclic amines) is 2. The van der Waals surface area contributed by atoms with E-state index in [9.17, 15) is 4.79 Å². The van der Waals surface area contributed by atoms with Crippen LogP contribution in [0.15, 0.2) is 30.3 Å². The summed E-state index contributed by atoms with van der Waals surface area (Å²) in [7, 11) is 0. The maximum Gasteiger partial charge on any atom is 0.224 e. The average molecular weight is 390 g/mol. The van der Waals surface area contributed by atoms with Gasteiger partial charge in [0.25, 0.3) is 0 Å². The van der Waals surface area contributed by atoms with E-state index in [4.69, 9.17) is 0 Å². The minimum atomic E-state index is 0.190. The Morgan fingerprint density at radius 2 is 1.93 bits per heavy atom. The molecule has 1 unspecified atom stereocenters. The summed E-state index contributed by atoms with van der Waals surface area (Å²) >= 11 is 1.85. The van der Waals surface area contributed by atoms with Crippen LogP contribution in [-0.2, 0) is 11.3 Å². The third-order valence-corrected chi connectivity index (χ3v) is 6.67. The van der Waals surface area contributed by atoms with Crippen molar-refractivity contribution in [1.82, 2.24) is 15.1 Å². The predicted molar refractivity (Wildman–Crippen MR) is 115 cm³/mol. The summed E-state index contributed by atoms with van der Waals surface area (Å²) in [5, 5.41) is 3.16. The highest BCUT2D eigenvalue weighted by Crippen LogP contribution is 2.24. The van der Waals surface area contributed by atoms with E-state index in [1.807, 2.05) is 11.8 Å². The first-order valence-corrected chi connectivity index (χ1v) is 11.9. The fourth-order valence-corrected chi connectivity index (χ4v) is 4.84. The highest BCUT2D eigenvalue weighted by Gasteiger charge is 2.31. The zero-order valence-electron chi connectivity index (χ0n) is 16.7. The Bertz CT molecular complexity index is 560. The molecule has 3 rings (SSSR count). The normalized spacial score (nSPS) is 22.6. The first kappa shape index (κ1) is 20.7. The van der Waals surface area contributed by atoms with Crippen LogP contribution >= 0.6 is 11.8 Å². The van der Waals surface area contributed by atoms with Crippen LogP contribution in [0, 0.1) is 5.92 Å². The van der Waals surface area contributed by atoms with Crippen molar-refractivity contribution in [1.29, 1.82) is 0 Å². The number of nitrogens with one attached hydrogen (secondary N) is 1. The van der Waals surface area contributed by atoms with Crippen molar-refractivity contribution >= 4 is 17.7 Å². The average Bonchev–Trinajstić information content (AvgIpc) is 2.72. The molecule has 2 aliphatic heterocycles. The molecule has 27 heavy (non-hydrogen) atoms. The van der Waals surface area contributed by atoms with E-state index < -0.39 is 0 Å². The van der Waals surface area contributed by atoms with Crippen LogP contribution in [-0.4, -0.2) is 66.5 Å². The van der Waals surface area contributed by atoms with Gasteiger partial charge in [0.1, 0.15) is 0 Å². The number of carbonyl (C=O) groups is 1. The van der Waals surface area contributed by atoms with E-state index in [0.29, 0.717) is 6.04 Å². The van der Waals surface area contributed by atoms with Crippen LogP contribution in [0.5, 0.6) is 0 Å². The van der Waals surface area contributed by atoms with E-state index in [-0.39, 0.29) is 11.8 Å². The molecule has 0 aliphatic carbocycles.